The minimum Gasteiger partial charge on any atom is -0.659 e. The van der Waals surface area contributed by atoms with Gasteiger partial charge in [0.15, 0.2) is 0 Å². The van der Waals surface area contributed by atoms with Crippen LogP contribution in [-0.2, 0) is 21.1 Å². The third-order valence-electron chi connectivity index (χ3n) is 7.34. The number of dihydropyridines is 1. The molecule has 37 heavy (non-hydrogen) atoms. The van der Waals surface area contributed by atoms with Crippen LogP contribution in [0.3, 0.4) is 0 Å². The number of allylic oxidation sites excluding steroid dienone is 1. The maximum absolute atomic E-state index is 5.27. The zero-order valence-electron chi connectivity index (χ0n) is 19.7. The van der Waals surface area contributed by atoms with Crippen molar-refractivity contribution >= 4 is 56.2 Å². The number of pyridine rings is 1. The van der Waals surface area contributed by atoms with E-state index in [-0.39, 0.29) is 33.0 Å². The Labute approximate surface area is 229 Å². The van der Waals surface area contributed by atoms with Crippen LogP contribution >= 0.6 is 0 Å². The van der Waals surface area contributed by atoms with Crippen molar-refractivity contribution < 1.29 is 21.1 Å². The molecule has 2 atom stereocenters. The van der Waals surface area contributed by atoms with Crippen molar-refractivity contribution in [1.29, 1.82) is 0 Å². The molecule has 1 aliphatic carbocycles. The second-order valence-electron chi connectivity index (χ2n) is 9.46. The van der Waals surface area contributed by atoms with Crippen LogP contribution in [-0.4, -0.2) is 10.7 Å². The molecule has 0 amide bonds. The smallest absolute Gasteiger partial charge is 0.659 e. The average molecular weight is 656 g/mol. The van der Waals surface area contributed by atoms with Crippen molar-refractivity contribution in [2.45, 2.75) is 6.04 Å². The second-order valence-corrected chi connectivity index (χ2v) is 9.46. The van der Waals surface area contributed by atoms with Crippen LogP contribution in [0, 0.1) is 5.92 Å². The molecule has 8 rings (SSSR count). The second kappa shape index (κ2) is 8.54. The van der Waals surface area contributed by atoms with Crippen LogP contribution in [0.2, 0.25) is 0 Å². The Morgan fingerprint density at radius 3 is 2.22 bits per heavy atom. The normalized spacial score (nSPS) is 18.4. The number of benzene rings is 4. The van der Waals surface area contributed by atoms with Gasteiger partial charge in [0.2, 0.25) is 0 Å². The summed E-state index contributed by atoms with van der Waals surface area (Å²) in [5, 5.41) is 13.6. The first-order chi connectivity index (χ1) is 17.8. The van der Waals surface area contributed by atoms with Crippen molar-refractivity contribution in [1.82, 2.24) is 4.98 Å². The topological polar surface area (TPSA) is 53.5 Å². The van der Waals surface area contributed by atoms with Gasteiger partial charge in [0, 0.05) is 11.3 Å². The summed E-state index contributed by atoms with van der Waals surface area (Å²) in [6.45, 7) is 0. The Kier molecular flexibility index (Phi) is 5.12. The number of hydrogen-bond donors (Lipinski definition) is 0. The molecule has 0 radical (unpaired) electrons. The van der Waals surface area contributed by atoms with Crippen molar-refractivity contribution in [3.8, 4) is 0 Å². The van der Waals surface area contributed by atoms with Crippen molar-refractivity contribution in [3.63, 3.8) is 0 Å². The van der Waals surface area contributed by atoms with E-state index in [0.29, 0.717) is 0 Å². The Balaban J connectivity index is 0.00000231. The summed E-state index contributed by atoms with van der Waals surface area (Å²) in [4.78, 5) is 10.5. The first-order valence-corrected chi connectivity index (χ1v) is 12.2. The van der Waals surface area contributed by atoms with E-state index in [0.717, 1.165) is 67.0 Å². The summed E-state index contributed by atoms with van der Waals surface area (Å²) in [5.74, 6) is 0.193. The van der Waals surface area contributed by atoms with E-state index in [9.17, 15) is 0 Å². The summed E-state index contributed by atoms with van der Waals surface area (Å²) >= 11 is 0. The van der Waals surface area contributed by atoms with Crippen molar-refractivity contribution in [3.05, 3.63) is 131 Å². The number of rotatable bonds is 0. The molecule has 2 unspecified atom stereocenters. The average Bonchev–Trinajstić information content (AvgIpc) is 2.93. The molecule has 0 saturated carbocycles. The van der Waals surface area contributed by atoms with Crippen LogP contribution in [0.1, 0.15) is 22.9 Å². The Morgan fingerprint density at radius 2 is 1.32 bits per heavy atom. The van der Waals surface area contributed by atoms with Crippen LogP contribution in [0.25, 0.3) is 38.4 Å². The number of aliphatic imine (C=N–C) groups is 1. The third-order valence-corrected chi connectivity index (χ3v) is 7.34. The van der Waals surface area contributed by atoms with E-state index < -0.39 is 0 Å². The van der Waals surface area contributed by atoms with E-state index >= 15 is 0 Å². The van der Waals surface area contributed by atoms with Gasteiger partial charge in [0.05, 0.1) is 23.0 Å². The minimum absolute atomic E-state index is 0. The van der Waals surface area contributed by atoms with Gasteiger partial charge in [-0.2, -0.15) is 11.4 Å². The van der Waals surface area contributed by atoms with Gasteiger partial charge in [-0.3, -0.25) is 4.99 Å². The van der Waals surface area contributed by atoms with E-state index in [1.807, 2.05) is 24.3 Å². The zero-order chi connectivity index (χ0) is 23.6. The summed E-state index contributed by atoms with van der Waals surface area (Å²) in [7, 11) is 0. The Bertz CT molecular complexity index is 1820. The maximum atomic E-state index is 5.27. The van der Waals surface area contributed by atoms with E-state index in [4.69, 9.17) is 20.6 Å². The van der Waals surface area contributed by atoms with Gasteiger partial charge >= 0.3 is 21.1 Å². The van der Waals surface area contributed by atoms with E-state index in [1.165, 1.54) is 0 Å². The molecule has 0 fully saturated rings. The number of nitrogens with zero attached hydrogens (tertiary/aromatic N) is 4. The molecule has 3 heterocycles. The van der Waals surface area contributed by atoms with Crippen molar-refractivity contribution in [2.75, 3.05) is 0 Å². The molecule has 5 aromatic rings. The molecule has 3 aliphatic rings. The van der Waals surface area contributed by atoms with E-state index in [2.05, 4.69) is 85.0 Å². The van der Waals surface area contributed by atoms with Crippen LogP contribution in [0.4, 0.5) is 22.7 Å². The number of hydrogen-bond acceptors (Lipinski definition) is 2. The van der Waals surface area contributed by atoms with Crippen molar-refractivity contribution in [2.24, 2.45) is 10.9 Å². The standard InChI is InChI=1S/C32H20N4.Pt/c1-2-8-24-23(7-1)33-27-9-3-5-19-11-13-21-15-17-25(35-31(21)29(19)27)26-18-16-22-14-12-20-6-4-10-28(34-24)30(20)32(22)36-26;/h1-18,21,31H;/q-2;+2. The van der Waals surface area contributed by atoms with Crippen LogP contribution in [0.5, 0.6) is 0 Å². The Hall–Kier alpha value is -4.01. The number of aromatic nitrogens is 1. The molecule has 4 nitrogen and oxygen atoms in total. The molecular weight excluding hydrogens is 635 g/mol. The zero-order valence-corrected chi connectivity index (χ0v) is 21.9. The molecule has 5 heteroatoms. The minimum atomic E-state index is -0.0439. The SMILES string of the molecule is C1=CC2C=Cc3cccc4c3C2N=C1c1ccc2ccc3cccc(c3c2n1)[N-]c1ccccc1[N-]4.[Pt+2]. The predicted molar refractivity (Wildman–Crippen MR) is 148 cm³/mol. The number of para-hydroxylation sites is 2. The first-order valence-electron chi connectivity index (χ1n) is 12.2. The molecule has 1 aromatic heterocycles. The largest absolute Gasteiger partial charge is 2.00 e. The van der Waals surface area contributed by atoms with Gasteiger partial charge in [-0.05, 0) is 34.0 Å². The number of fused-ring (bicyclic) bond motifs is 3. The summed E-state index contributed by atoms with van der Waals surface area (Å²) < 4.78 is 0. The predicted octanol–water partition coefficient (Wildman–Crippen LogP) is 9.12. The molecule has 2 aliphatic heterocycles. The molecule has 4 bridgehead atoms. The monoisotopic (exact) mass is 655 g/mol. The van der Waals surface area contributed by atoms with E-state index in [1.54, 1.807) is 0 Å². The van der Waals surface area contributed by atoms with Gasteiger partial charge in [0.25, 0.3) is 0 Å². The fourth-order valence-corrected chi connectivity index (χ4v) is 5.60. The summed E-state index contributed by atoms with van der Waals surface area (Å²) in [6, 6.07) is 29.1. The summed E-state index contributed by atoms with van der Waals surface area (Å²) in [6.07, 6.45) is 8.80. The molecule has 4 aromatic carbocycles. The fraction of sp³-hybridized carbons (Fsp3) is 0.0625. The molecule has 0 saturated heterocycles. The Morgan fingerprint density at radius 1 is 0.622 bits per heavy atom. The third kappa shape index (κ3) is 3.47. The quantitative estimate of drug-likeness (QED) is 0.154. The summed E-state index contributed by atoms with van der Waals surface area (Å²) in [5.41, 5.74) is 8.54. The molecule has 0 N–H and O–H groups in total. The molecular formula is C32H20N4Pt. The van der Waals surface area contributed by atoms with Crippen LogP contribution in [0.15, 0.2) is 108 Å². The fourth-order valence-electron chi connectivity index (χ4n) is 5.60. The van der Waals surface area contributed by atoms with Gasteiger partial charge in [-0.25, -0.2) is 4.98 Å². The maximum Gasteiger partial charge on any atom is 2.00 e. The first kappa shape index (κ1) is 22.2. The van der Waals surface area contributed by atoms with Gasteiger partial charge < -0.3 is 10.6 Å². The van der Waals surface area contributed by atoms with Gasteiger partial charge in [-0.1, -0.05) is 97.1 Å². The molecule has 0 spiro atoms. The van der Waals surface area contributed by atoms with Gasteiger partial charge in [-0.15, -0.1) is 11.4 Å². The van der Waals surface area contributed by atoms with Gasteiger partial charge in [0.1, 0.15) is 0 Å². The molecule has 178 valence electrons. The van der Waals surface area contributed by atoms with Crippen LogP contribution < -0.4 is 0 Å².